The van der Waals surface area contributed by atoms with Crippen LogP contribution in [0.5, 0.6) is 0 Å². The molecule has 1 aliphatic rings. The molecule has 0 atom stereocenters. The van der Waals surface area contributed by atoms with E-state index < -0.39 is 0 Å². The molecule has 0 spiro atoms. The van der Waals surface area contributed by atoms with Crippen LogP contribution in [0.15, 0.2) is 41.8 Å². The van der Waals surface area contributed by atoms with Crippen molar-refractivity contribution in [2.24, 2.45) is 5.73 Å². The van der Waals surface area contributed by atoms with Gasteiger partial charge in [0.2, 0.25) is 0 Å². The lowest BCUT2D eigenvalue weighted by molar-refractivity contribution is 0.0999. The zero-order valence-corrected chi connectivity index (χ0v) is 14.8. The average Bonchev–Trinajstić information content (AvgIpc) is 3.22. The minimum atomic E-state index is -0.379. The summed E-state index contributed by atoms with van der Waals surface area (Å²) in [4.78, 5) is 16.4. The third-order valence-electron chi connectivity index (χ3n) is 4.52. The molecule has 0 unspecified atom stereocenters. The van der Waals surface area contributed by atoms with Crippen LogP contribution < -0.4 is 11.1 Å². The summed E-state index contributed by atoms with van der Waals surface area (Å²) in [5.74, 6) is -0.379. The number of thiazole rings is 1. The van der Waals surface area contributed by atoms with Gasteiger partial charge >= 0.3 is 0 Å². The summed E-state index contributed by atoms with van der Waals surface area (Å²) in [5, 5.41) is 6.28. The molecule has 4 rings (SSSR count). The molecule has 3 N–H and O–H groups in total. The van der Waals surface area contributed by atoms with Gasteiger partial charge in [-0.25, -0.2) is 4.98 Å². The average molecular weight is 352 g/mol. The van der Waals surface area contributed by atoms with Crippen molar-refractivity contribution in [1.82, 2.24) is 9.55 Å². The van der Waals surface area contributed by atoms with Gasteiger partial charge in [-0.3, -0.25) is 4.79 Å². The smallest absolute Gasteiger partial charge is 0.250 e. The highest BCUT2D eigenvalue weighted by Gasteiger charge is 2.30. The fourth-order valence-electron chi connectivity index (χ4n) is 3.12. The highest BCUT2D eigenvalue weighted by atomic mass is 32.1. The Morgan fingerprint density at radius 3 is 2.80 bits per heavy atom. The van der Waals surface area contributed by atoms with Crippen LogP contribution in [0, 0.1) is 6.92 Å². The number of nitrogens with one attached hydrogen (secondary N) is 1. The van der Waals surface area contributed by atoms with Crippen LogP contribution in [0.3, 0.4) is 0 Å². The number of rotatable bonds is 6. The van der Waals surface area contributed by atoms with Crippen LogP contribution in [0.2, 0.25) is 0 Å². The molecule has 1 aliphatic carbocycles. The molecular weight excluding hydrogens is 332 g/mol. The van der Waals surface area contributed by atoms with Crippen LogP contribution in [0.4, 0.5) is 5.13 Å². The van der Waals surface area contributed by atoms with E-state index in [4.69, 9.17) is 10.7 Å². The highest BCUT2D eigenvalue weighted by Crippen LogP contribution is 2.41. The van der Waals surface area contributed by atoms with Gasteiger partial charge in [0.15, 0.2) is 5.13 Å². The highest BCUT2D eigenvalue weighted by molar-refractivity contribution is 7.14. The van der Waals surface area contributed by atoms with Crippen LogP contribution in [0.25, 0.3) is 11.4 Å². The molecule has 1 saturated carbocycles. The molecule has 0 bridgehead atoms. The number of nitrogens with zero attached hydrogens (tertiary/aromatic N) is 2. The number of hydrogen-bond acceptors (Lipinski definition) is 4. The van der Waals surface area contributed by atoms with Crippen LogP contribution >= 0.6 is 11.3 Å². The van der Waals surface area contributed by atoms with Crippen molar-refractivity contribution in [2.75, 3.05) is 5.32 Å². The Bertz CT molecular complexity index is 909. The maximum Gasteiger partial charge on any atom is 0.250 e. The van der Waals surface area contributed by atoms with Gasteiger partial charge in [0.05, 0.1) is 17.0 Å². The number of nitrogens with two attached hydrogens (primary N) is 1. The Labute approximate surface area is 150 Å². The van der Waals surface area contributed by atoms with Crippen molar-refractivity contribution in [2.45, 2.75) is 32.4 Å². The van der Waals surface area contributed by atoms with Crippen molar-refractivity contribution < 1.29 is 4.79 Å². The number of amides is 1. The lowest BCUT2D eigenvalue weighted by Crippen LogP contribution is -2.12. The first-order valence-corrected chi connectivity index (χ1v) is 9.27. The van der Waals surface area contributed by atoms with Crippen molar-refractivity contribution in [3.05, 3.63) is 58.6 Å². The summed E-state index contributed by atoms with van der Waals surface area (Å²) in [6.45, 7) is 2.70. The fourth-order valence-corrected chi connectivity index (χ4v) is 3.82. The summed E-state index contributed by atoms with van der Waals surface area (Å²) >= 11 is 1.58. The first-order chi connectivity index (χ1) is 12.1. The van der Waals surface area contributed by atoms with Crippen LogP contribution in [-0.2, 0) is 6.54 Å². The summed E-state index contributed by atoms with van der Waals surface area (Å²) in [6.07, 6.45) is 2.29. The number of hydrogen-bond donors (Lipinski definition) is 2. The zero-order valence-electron chi connectivity index (χ0n) is 14.0. The summed E-state index contributed by atoms with van der Waals surface area (Å²) in [5.41, 5.74) is 10.2. The minimum absolute atomic E-state index is 0.379. The van der Waals surface area contributed by atoms with E-state index in [9.17, 15) is 4.79 Å². The number of carbonyl (C=O) groups is 1. The van der Waals surface area contributed by atoms with Gasteiger partial charge in [0.25, 0.3) is 5.91 Å². The third kappa shape index (κ3) is 3.17. The molecular formula is C19H20N4OS. The van der Waals surface area contributed by atoms with Gasteiger partial charge in [-0.15, -0.1) is 11.3 Å². The molecule has 3 aromatic rings. The van der Waals surface area contributed by atoms with Gasteiger partial charge in [-0.1, -0.05) is 30.3 Å². The number of aromatic nitrogens is 2. The van der Waals surface area contributed by atoms with Gasteiger partial charge in [-0.2, -0.15) is 0 Å². The van der Waals surface area contributed by atoms with E-state index in [2.05, 4.69) is 22.0 Å². The van der Waals surface area contributed by atoms with E-state index in [1.807, 2.05) is 36.6 Å². The largest absolute Gasteiger partial charge is 0.366 e. The number of anilines is 1. The van der Waals surface area contributed by atoms with Crippen LogP contribution in [0.1, 0.15) is 40.5 Å². The Hall–Kier alpha value is -2.60. The summed E-state index contributed by atoms with van der Waals surface area (Å²) in [6, 6.07) is 12.6. The van der Waals surface area contributed by atoms with E-state index in [1.165, 1.54) is 5.56 Å². The van der Waals surface area contributed by atoms with E-state index in [-0.39, 0.29) is 5.91 Å². The summed E-state index contributed by atoms with van der Waals surface area (Å²) < 4.78 is 2.22. The predicted octanol–water partition coefficient (Wildman–Crippen LogP) is 3.97. The molecule has 0 saturated heterocycles. The lowest BCUT2D eigenvalue weighted by Gasteiger charge is -2.08. The quantitative estimate of drug-likeness (QED) is 0.705. The van der Waals surface area contributed by atoms with E-state index >= 15 is 0 Å². The maximum absolute atomic E-state index is 11.7. The molecule has 2 aromatic heterocycles. The second kappa shape index (κ2) is 6.37. The summed E-state index contributed by atoms with van der Waals surface area (Å²) in [7, 11) is 0. The SMILES string of the molecule is Cc1c(C(N)=O)cc(-c2csc(NCc3ccccc3)n2)n1C1CC1. The topological polar surface area (TPSA) is 72.9 Å². The molecule has 5 nitrogen and oxygen atoms in total. The van der Waals surface area contributed by atoms with Gasteiger partial charge in [0.1, 0.15) is 0 Å². The van der Waals surface area contributed by atoms with E-state index in [1.54, 1.807) is 11.3 Å². The van der Waals surface area contributed by atoms with Gasteiger partial charge in [0, 0.05) is 23.7 Å². The third-order valence-corrected chi connectivity index (χ3v) is 5.32. The number of primary amides is 1. The Balaban J connectivity index is 1.59. The molecule has 1 fully saturated rings. The van der Waals surface area contributed by atoms with Crippen molar-refractivity contribution in [1.29, 1.82) is 0 Å². The Kier molecular flexibility index (Phi) is 4.05. The first-order valence-electron chi connectivity index (χ1n) is 8.39. The lowest BCUT2D eigenvalue weighted by atomic mass is 10.2. The second-order valence-electron chi connectivity index (χ2n) is 6.37. The van der Waals surface area contributed by atoms with Crippen molar-refractivity contribution >= 4 is 22.4 Å². The molecule has 0 radical (unpaired) electrons. The first kappa shape index (κ1) is 15.9. The monoisotopic (exact) mass is 352 g/mol. The Morgan fingerprint density at radius 1 is 1.36 bits per heavy atom. The van der Waals surface area contributed by atoms with E-state index in [0.717, 1.165) is 41.6 Å². The number of benzene rings is 1. The zero-order chi connectivity index (χ0) is 17.4. The van der Waals surface area contributed by atoms with Crippen LogP contribution in [-0.4, -0.2) is 15.5 Å². The number of carbonyl (C=O) groups excluding carboxylic acids is 1. The molecule has 6 heteroatoms. The van der Waals surface area contributed by atoms with Crippen molar-refractivity contribution in [3.8, 4) is 11.4 Å². The van der Waals surface area contributed by atoms with E-state index in [0.29, 0.717) is 11.6 Å². The molecule has 25 heavy (non-hydrogen) atoms. The second-order valence-corrected chi connectivity index (χ2v) is 7.23. The molecule has 0 aliphatic heterocycles. The maximum atomic E-state index is 11.7. The van der Waals surface area contributed by atoms with Gasteiger partial charge < -0.3 is 15.6 Å². The van der Waals surface area contributed by atoms with Crippen molar-refractivity contribution in [3.63, 3.8) is 0 Å². The normalized spacial score (nSPS) is 13.8. The molecule has 2 heterocycles. The predicted molar refractivity (Wildman–Crippen MR) is 101 cm³/mol. The molecule has 1 aromatic carbocycles. The van der Waals surface area contributed by atoms with Gasteiger partial charge in [-0.05, 0) is 31.4 Å². The molecule has 1 amide bonds. The fraction of sp³-hybridized carbons (Fsp3) is 0.263. The standard InChI is InChI=1S/C19H20N4OS/c1-12-15(18(20)24)9-17(23(12)14-7-8-14)16-11-25-19(22-16)21-10-13-5-3-2-4-6-13/h2-6,9,11,14H,7-8,10H2,1H3,(H2,20,24)(H,21,22). The Morgan fingerprint density at radius 2 is 2.12 bits per heavy atom. The molecule has 128 valence electrons. The minimum Gasteiger partial charge on any atom is -0.366 e.